The lowest BCUT2D eigenvalue weighted by atomic mass is 10.0. The fourth-order valence-electron chi connectivity index (χ4n) is 3.09. The maximum Gasteiger partial charge on any atom is 0.255 e. The molecule has 7 nitrogen and oxygen atoms in total. The van der Waals surface area contributed by atoms with Crippen LogP contribution in [0.15, 0.2) is 47.5 Å². The summed E-state index contributed by atoms with van der Waals surface area (Å²) in [5.74, 6) is -0.213. The van der Waals surface area contributed by atoms with Crippen molar-refractivity contribution in [2.24, 2.45) is 4.99 Å². The van der Waals surface area contributed by atoms with Crippen LogP contribution in [0.5, 0.6) is 5.88 Å². The quantitative estimate of drug-likeness (QED) is 0.359. The summed E-state index contributed by atoms with van der Waals surface area (Å²) in [7, 11) is 0. The van der Waals surface area contributed by atoms with Crippen molar-refractivity contribution in [1.82, 2.24) is 20.3 Å². The zero-order valence-corrected chi connectivity index (χ0v) is 16.8. The number of aromatic hydroxyl groups is 1. The predicted molar refractivity (Wildman–Crippen MR) is 113 cm³/mol. The summed E-state index contributed by atoms with van der Waals surface area (Å²) < 4.78 is 24.6. The molecule has 3 aromatic heterocycles. The Kier molecular flexibility index (Phi) is 6.20. The number of halogens is 2. The Balaban J connectivity index is 1.96. The van der Waals surface area contributed by atoms with E-state index in [0.29, 0.717) is 33.6 Å². The van der Waals surface area contributed by atoms with Gasteiger partial charge in [-0.05, 0) is 38.5 Å². The van der Waals surface area contributed by atoms with Crippen LogP contribution in [0.1, 0.15) is 25.0 Å². The number of nitrogens with one attached hydrogen (secondary N) is 3. The number of aromatic nitrogens is 3. The highest BCUT2D eigenvalue weighted by Gasteiger charge is 2.16. The molecule has 0 atom stereocenters. The molecule has 3 rings (SSSR count). The number of aryl methyl sites for hydroxylation is 1. The molecule has 30 heavy (non-hydrogen) atoms. The van der Waals surface area contributed by atoms with E-state index in [-0.39, 0.29) is 11.7 Å². The number of hydrogen-bond donors (Lipinski definition) is 4. The molecule has 0 saturated heterocycles. The van der Waals surface area contributed by atoms with Gasteiger partial charge in [0.05, 0.1) is 35.2 Å². The number of alkyl halides is 2. The molecule has 0 saturated carbocycles. The van der Waals surface area contributed by atoms with Gasteiger partial charge in [0.2, 0.25) is 0 Å². The van der Waals surface area contributed by atoms with Gasteiger partial charge in [0.1, 0.15) is 5.84 Å². The van der Waals surface area contributed by atoms with Crippen molar-refractivity contribution < 1.29 is 13.9 Å². The smallest absolute Gasteiger partial charge is 0.255 e. The van der Waals surface area contributed by atoms with Gasteiger partial charge in [0.25, 0.3) is 6.43 Å². The van der Waals surface area contributed by atoms with Gasteiger partial charge < -0.3 is 15.4 Å². The van der Waals surface area contributed by atoms with Gasteiger partial charge in [0.15, 0.2) is 5.88 Å². The molecule has 3 heterocycles. The SMILES string of the molecule is CC(=NC(=N)/C=C(/C)NCC(F)F)c1c(O)[nH]c2cnc(-c3cnccc3C)cc12. The van der Waals surface area contributed by atoms with Crippen molar-refractivity contribution in [3.63, 3.8) is 0 Å². The second-order valence-corrected chi connectivity index (χ2v) is 6.84. The second kappa shape index (κ2) is 8.81. The van der Waals surface area contributed by atoms with Crippen LogP contribution >= 0.6 is 0 Å². The number of aliphatic imine (C=N–C) groups is 1. The Labute approximate surface area is 172 Å². The summed E-state index contributed by atoms with van der Waals surface area (Å²) in [5, 5.41) is 21.6. The summed E-state index contributed by atoms with van der Waals surface area (Å²) in [6, 6.07) is 3.72. The summed E-state index contributed by atoms with van der Waals surface area (Å²) in [6.07, 6.45) is 3.92. The first-order valence-corrected chi connectivity index (χ1v) is 9.22. The van der Waals surface area contributed by atoms with Gasteiger partial charge in [-0.3, -0.25) is 15.4 Å². The fourth-order valence-corrected chi connectivity index (χ4v) is 3.09. The maximum atomic E-state index is 12.3. The highest BCUT2D eigenvalue weighted by molar-refractivity contribution is 6.16. The molecule has 9 heteroatoms. The molecule has 0 unspecified atom stereocenters. The van der Waals surface area contributed by atoms with Gasteiger partial charge in [-0.15, -0.1) is 0 Å². The number of aromatic amines is 1. The van der Waals surface area contributed by atoms with Crippen molar-refractivity contribution in [1.29, 1.82) is 5.41 Å². The number of allylic oxidation sites excluding steroid dienone is 1. The van der Waals surface area contributed by atoms with Crippen LogP contribution in [0.4, 0.5) is 8.78 Å². The molecule has 0 radical (unpaired) electrons. The van der Waals surface area contributed by atoms with Crippen molar-refractivity contribution in [3.8, 4) is 17.1 Å². The zero-order valence-electron chi connectivity index (χ0n) is 16.8. The van der Waals surface area contributed by atoms with Crippen molar-refractivity contribution in [2.45, 2.75) is 27.2 Å². The van der Waals surface area contributed by atoms with E-state index in [1.54, 1.807) is 32.4 Å². The van der Waals surface area contributed by atoms with E-state index >= 15 is 0 Å². The number of hydrogen-bond acceptors (Lipinski definition) is 5. The van der Waals surface area contributed by atoms with E-state index in [1.807, 2.05) is 19.1 Å². The molecule has 0 bridgehead atoms. The summed E-state index contributed by atoms with van der Waals surface area (Å²) in [6.45, 7) is 4.72. The third-order valence-electron chi connectivity index (χ3n) is 4.52. The molecular weight excluding hydrogens is 390 g/mol. The van der Waals surface area contributed by atoms with Crippen LogP contribution in [0.3, 0.4) is 0 Å². The first-order valence-electron chi connectivity index (χ1n) is 9.22. The third kappa shape index (κ3) is 4.68. The minimum absolute atomic E-state index is 0.0857. The number of nitrogens with zero attached hydrogens (tertiary/aromatic N) is 3. The fraction of sp³-hybridized carbons (Fsp3) is 0.238. The van der Waals surface area contributed by atoms with Crippen LogP contribution in [0.25, 0.3) is 22.2 Å². The average Bonchev–Trinajstić information content (AvgIpc) is 3.01. The third-order valence-corrected chi connectivity index (χ3v) is 4.52. The lowest BCUT2D eigenvalue weighted by molar-refractivity contribution is 0.149. The molecule has 3 aromatic rings. The maximum absolute atomic E-state index is 12.3. The predicted octanol–water partition coefficient (Wildman–Crippen LogP) is 4.18. The first-order chi connectivity index (χ1) is 14.3. The van der Waals surface area contributed by atoms with E-state index < -0.39 is 13.0 Å². The van der Waals surface area contributed by atoms with Gasteiger partial charge in [-0.2, -0.15) is 0 Å². The number of amidine groups is 1. The molecule has 0 fully saturated rings. The van der Waals surface area contributed by atoms with Crippen LogP contribution < -0.4 is 5.32 Å². The Morgan fingerprint density at radius 2 is 2.13 bits per heavy atom. The van der Waals surface area contributed by atoms with Crippen LogP contribution in [0, 0.1) is 12.3 Å². The second-order valence-electron chi connectivity index (χ2n) is 6.84. The van der Waals surface area contributed by atoms with Crippen molar-refractivity contribution in [3.05, 3.63) is 53.6 Å². The first kappa shape index (κ1) is 21.1. The molecule has 0 aliphatic carbocycles. The van der Waals surface area contributed by atoms with Gasteiger partial charge in [0, 0.05) is 35.1 Å². The van der Waals surface area contributed by atoms with Crippen molar-refractivity contribution >= 4 is 22.5 Å². The number of rotatable bonds is 6. The summed E-state index contributed by atoms with van der Waals surface area (Å²) >= 11 is 0. The molecule has 0 aromatic carbocycles. The highest BCUT2D eigenvalue weighted by atomic mass is 19.3. The lowest BCUT2D eigenvalue weighted by Gasteiger charge is -2.06. The number of fused-ring (bicyclic) bond motifs is 1. The minimum Gasteiger partial charge on any atom is -0.494 e. The topological polar surface area (TPSA) is 110 Å². The van der Waals surface area contributed by atoms with Gasteiger partial charge in [-0.1, -0.05) is 0 Å². The molecule has 0 aliphatic rings. The highest BCUT2D eigenvalue weighted by Crippen LogP contribution is 2.31. The normalized spacial score (nSPS) is 12.6. The van der Waals surface area contributed by atoms with Crippen LogP contribution in [-0.4, -0.2) is 44.6 Å². The summed E-state index contributed by atoms with van der Waals surface area (Å²) in [4.78, 5) is 15.7. The van der Waals surface area contributed by atoms with Crippen LogP contribution in [-0.2, 0) is 0 Å². The largest absolute Gasteiger partial charge is 0.494 e. The van der Waals surface area contributed by atoms with E-state index in [9.17, 15) is 13.9 Å². The molecule has 4 N–H and O–H groups in total. The zero-order chi connectivity index (χ0) is 21.8. The number of H-pyrrole nitrogens is 1. The Bertz CT molecular complexity index is 1150. The molecular formula is C21H22F2N6O. The van der Waals surface area contributed by atoms with E-state index in [2.05, 4.69) is 25.3 Å². The standard InChI is InChI=1S/C21H22F2N6O/c1-11-4-5-25-8-15(11)16-7-14-17(9-27-16)29-21(30)20(14)13(3)28-19(24)6-12(2)26-10-18(22)23/h4-9,18,24,26,29-30H,10H2,1-3H3/b12-6-,24-19?,28-13?. The summed E-state index contributed by atoms with van der Waals surface area (Å²) in [5.41, 5.74) is 4.47. The van der Waals surface area contributed by atoms with E-state index in [4.69, 9.17) is 5.41 Å². The average molecular weight is 412 g/mol. The minimum atomic E-state index is -2.48. The molecule has 0 aliphatic heterocycles. The number of pyridine rings is 2. The van der Waals surface area contributed by atoms with Gasteiger partial charge in [-0.25, -0.2) is 13.8 Å². The Hall–Kier alpha value is -3.62. The molecule has 0 spiro atoms. The van der Waals surface area contributed by atoms with Crippen molar-refractivity contribution in [2.75, 3.05) is 6.54 Å². The van der Waals surface area contributed by atoms with E-state index in [0.717, 1.165) is 11.1 Å². The monoisotopic (exact) mass is 412 g/mol. The molecule has 0 amide bonds. The molecule has 156 valence electrons. The van der Waals surface area contributed by atoms with Crippen LogP contribution in [0.2, 0.25) is 0 Å². The van der Waals surface area contributed by atoms with E-state index in [1.165, 1.54) is 6.08 Å². The Morgan fingerprint density at radius 3 is 2.83 bits per heavy atom. The lowest BCUT2D eigenvalue weighted by Crippen LogP contribution is -2.19. The van der Waals surface area contributed by atoms with Gasteiger partial charge >= 0.3 is 0 Å². The Morgan fingerprint density at radius 1 is 1.37 bits per heavy atom.